The van der Waals surface area contributed by atoms with Gasteiger partial charge in [-0.2, -0.15) is 0 Å². The molecule has 18 heavy (non-hydrogen) atoms. The minimum absolute atomic E-state index is 0.108. The maximum Gasteiger partial charge on any atom is 0.304 e. The van der Waals surface area contributed by atoms with Gasteiger partial charge in [-0.15, -0.1) is 0 Å². The van der Waals surface area contributed by atoms with Gasteiger partial charge in [0.05, 0.1) is 4.92 Å². The van der Waals surface area contributed by atoms with Crippen molar-refractivity contribution < 1.29 is 13.3 Å². The number of nitrogens with two attached hydrogens (primary N) is 1. The Morgan fingerprint density at radius 3 is 2.67 bits per heavy atom. The Balaban J connectivity index is 2.99. The molecule has 0 aliphatic rings. The zero-order valence-electron chi connectivity index (χ0n) is 10.0. The van der Waals surface area contributed by atoms with Gasteiger partial charge in [-0.25, -0.2) is 13.1 Å². The monoisotopic (exact) mass is 293 g/mol. The second-order valence-corrected chi connectivity index (χ2v) is 6.91. The van der Waals surface area contributed by atoms with Crippen molar-refractivity contribution >= 4 is 32.0 Å². The highest BCUT2D eigenvalue weighted by molar-refractivity contribution is 7.91. The summed E-state index contributed by atoms with van der Waals surface area (Å²) >= 11 is 0.695. The fourth-order valence-corrected chi connectivity index (χ4v) is 3.97. The number of hydrogen-bond acceptors (Lipinski definition) is 6. The Morgan fingerprint density at radius 1 is 1.61 bits per heavy atom. The summed E-state index contributed by atoms with van der Waals surface area (Å²) in [6.07, 6.45) is 1.54. The lowest BCUT2D eigenvalue weighted by molar-refractivity contribution is -0.383. The molecule has 0 saturated carbocycles. The van der Waals surface area contributed by atoms with E-state index in [1.807, 2.05) is 6.92 Å². The summed E-state index contributed by atoms with van der Waals surface area (Å²) in [6, 6.07) is 0.767. The molecule has 0 amide bonds. The molecule has 0 fully saturated rings. The molecule has 0 bridgehead atoms. The summed E-state index contributed by atoms with van der Waals surface area (Å²) in [4.78, 5) is 9.91. The van der Waals surface area contributed by atoms with E-state index in [0.717, 1.165) is 12.5 Å². The van der Waals surface area contributed by atoms with E-state index < -0.39 is 14.9 Å². The van der Waals surface area contributed by atoms with Crippen LogP contribution in [0.5, 0.6) is 0 Å². The van der Waals surface area contributed by atoms with Crippen LogP contribution in [0.3, 0.4) is 0 Å². The van der Waals surface area contributed by atoms with E-state index in [9.17, 15) is 18.5 Å². The van der Waals surface area contributed by atoms with Gasteiger partial charge in [0.25, 0.3) is 10.0 Å². The number of rotatable bonds is 6. The van der Waals surface area contributed by atoms with Crippen LogP contribution in [-0.2, 0) is 10.0 Å². The van der Waals surface area contributed by atoms with Crippen molar-refractivity contribution in [1.29, 1.82) is 0 Å². The maximum atomic E-state index is 11.9. The normalized spacial score (nSPS) is 13.4. The Bertz CT molecular complexity index is 538. The molecule has 3 N–H and O–H groups in total. The molecule has 0 radical (unpaired) electrons. The minimum atomic E-state index is -3.73. The Hall–Kier alpha value is -1.19. The van der Waals surface area contributed by atoms with E-state index in [2.05, 4.69) is 4.72 Å². The summed E-state index contributed by atoms with van der Waals surface area (Å²) in [5.74, 6) is 0. The van der Waals surface area contributed by atoms with E-state index in [1.165, 1.54) is 0 Å². The number of nitro groups is 1. The van der Waals surface area contributed by atoms with Crippen LogP contribution in [0.2, 0.25) is 0 Å². The van der Waals surface area contributed by atoms with Gasteiger partial charge in [-0.1, -0.05) is 24.7 Å². The third-order valence-corrected chi connectivity index (χ3v) is 5.27. The van der Waals surface area contributed by atoms with Gasteiger partial charge in [0.15, 0.2) is 5.00 Å². The summed E-state index contributed by atoms with van der Waals surface area (Å²) in [5, 5.41) is 10.5. The van der Waals surface area contributed by atoms with Crippen molar-refractivity contribution in [2.45, 2.75) is 36.9 Å². The van der Waals surface area contributed by atoms with Crippen LogP contribution in [0.15, 0.2) is 10.3 Å². The molecule has 9 heteroatoms. The molecule has 0 aliphatic carbocycles. The highest BCUT2D eigenvalue weighted by atomic mass is 32.2. The molecule has 1 rings (SSSR count). The second kappa shape index (κ2) is 5.63. The van der Waals surface area contributed by atoms with Crippen LogP contribution >= 0.6 is 11.3 Å². The smallest absolute Gasteiger partial charge is 0.304 e. The van der Waals surface area contributed by atoms with Gasteiger partial charge in [-0.3, -0.25) is 10.1 Å². The lowest BCUT2D eigenvalue weighted by Crippen LogP contribution is -2.31. The summed E-state index contributed by atoms with van der Waals surface area (Å²) in [6.45, 7) is 3.69. The topological polar surface area (TPSA) is 115 Å². The van der Waals surface area contributed by atoms with E-state index in [0.29, 0.717) is 17.8 Å². The maximum absolute atomic E-state index is 11.9. The first-order valence-electron chi connectivity index (χ1n) is 5.34. The lowest BCUT2D eigenvalue weighted by atomic mass is 10.2. The van der Waals surface area contributed by atoms with Crippen molar-refractivity contribution in [1.82, 2.24) is 4.72 Å². The number of nitrogens with one attached hydrogen (secondary N) is 1. The number of thiophene rings is 1. The highest BCUT2D eigenvalue weighted by Gasteiger charge is 2.25. The van der Waals surface area contributed by atoms with Crippen molar-refractivity contribution in [2.75, 3.05) is 5.73 Å². The van der Waals surface area contributed by atoms with Crippen molar-refractivity contribution in [3.63, 3.8) is 0 Å². The average molecular weight is 293 g/mol. The first-order chi connectivity index (χ1) is 8.27. The summed E-state index contributed by atoms with van der Waals surface area (Å²) in [7, 11) is -3.73. The van der Waals surface area contributed by atoms with Crippen molar-refractivity contribution in [2.24, 2.45) is 0 Å². The quantitative estimate of drug-likeness (QED) is 0.612. The molecule has 102 valence electrons. The molecule has 1 unspecified atom stereocenters. The minimum Gasteiger partial charge on any atom is -0.385 e. The van der Waals surface area contributed by atoms with E-state index in [-0.39, 0.29) is 20.9 Å². The van der Waals surface area contributed by atoms with Gasteiger partial charge in [0.2, 0.25) is 0 Å². The number of sulfonamides is 1. The van der Waals surface area contributed by atoms with Crippen LogP contribution in [0.1, 0.15) is 26.7 Å². The van der Waals surface area contributed by atoms with Crippen LogP contribution in [0.4, 0.5) is 10.7 Å². The predicted molar refractivity (Wildman–Crippen MR) is 70.1 cm³/mol. The molecule has 0 aromatic carbocycles. The Labute approximate surface area is 109 Å². The SMILES string of the molecule is CCCC(C)NS(=O)(=O)c1cc([N+](=O)[O-])c(N)s1. The first kappa shape index (κ1) is 14.9. The molecular formula is C9H15N3O4S2. The fraction of sp³-hybridized carbons (Fsp3) is 0.556. The Morgan fingerprint density at radius 2 is 2.22 bits per heavy atom. The molecule has 1 aromatic rings. The van der Waals surface area contributed by atoms with Gasteiger partial charge >= 0.3 is 5.69 Å². The van der Waals surface area contributed by atoms with Crippen LogP contribution in [-0.4, -0.2) is 19.4 Å². The van der Waals surface area contributed by atoms with Crippen LogP contribution in [0, 0.1) is 10.1 Å². The zero-order valence-corrected chi connectivity index (χ0v) is 11.7. The third-order valence-electron chi connectivity index (χ3n) is 2.26. The highest BCUT2D eigenvalue weighted by Crippen LogP contribution is 2.34. The molecular weight excluding hydrogens is 278 g/mol. The van der Waals surface area contributed by atoms with Crippen LogP contribution < -0.4 is 10.5 Å². The molecule has 1 heterocycles. The third kappa shape index (κ3) is 3.40. The fourth-order valence-electron chi connectivity index (χ4n) is 1.46. The molecule has 7 nitrogen and oxygen atoms in total. The predicted octanol–water partition coefficient (Wildman–Crippen LogP) is 1.71. The summed E-state index contributed by atoms with van der Waals surface area (Å²) < 4.78 is 26.2. The van der Waals surface area contributed by atoms with Gasteiger partial charge in [0, 0.05) is 12.1 Å². The molecule has 1 atom stereocenters. The standard InChI is InChI=1S/C9H15N3O4S2/c1-3-4-6(2)11-18(15,16)8-5-7(12(13)14)9(10)17-8/h5-6,11H,3-4,10H2,1-2H3. The van der Waals surface area contributed by atoms with Crippen LogP contribution in [0.25, 0.3) is 0 Å². The number of nitrogen functional groups attached to an aromatic ring is 1. The molecule has 0 spiro atoms. The zero-order chi connectivity index (χ0) is 13.9. The van der Waals surface area contributed by atoms with Crippen molar-refractivity contribution in [3.8, 4) is 0 Å². The van der Waals surface area contributed by atoms with E-state index >= 15 is 0 Å². The van der Waals surface area contributed by atoms with Crippen molar-refractivity contribution in [3.05, 3.63) is 16.2 Å². The number of hydrogen-bond donors (Lipinski definition) is 2. The lowest BCUT2D eigenvalue weighted by Gasteiger charge is -2.11. The number of anilines is 1. The average Bonchev–Trinajstić information content (AvgIpc) is 2.60. The second-order valence-electron chi connectivity index (χ2n) is 3.88. The van der Waals surface area contributed by atoms with Gasteiger partial charge in [-0.05, 0) is 13.3 Å². The largest absolute Gasteiger partial charge is 0.385 e. The van der Waals surface area contributed by atoms with Gasteiger partial charge in [0.1, 0.15) is 4.21 Å². The Kier molecular flexibility index (Phi) is 4.65. The van der Waals surface area contributed by atoms with E-state index in [1.54, 1.807) is 6.92 Å². The molecule has 1 aromatic heterocycles. The number of nitrogens with zero attached hydrogens (tertiary/aromatic N) is 1. The molecule has 0 aliphatic heterocycles. The molecule has 0 saturated heterocycles. The van der Waals surface area contributed by atoms with E-state index in [4.69, 9.17) is 5.73 Å². The first-order valence-corrected chi connectivity index (χ1v) is 7.64. The van der Waals surface area contributed by atoms with Gasteiger partial charge < -0.3 is 5.73 Å². The summed E-state index contributed by atoms with van der Waals surface area (Å²) in [5.41, 5.74) is 5.04.